The van der Waals surface area contributed by atoms with Gasteiger partial charge in [-0.15, -0.1) is 0 Å². The maximum Gasteiger partial charge on any atom is 0.222 e. The number of hydrogen-bond acceptors (Lipinski definition) is 4. The lowest BCUT2D eigenvalue weighted by atomic mass is 10.1. The van der Waals surface area contributed by atoms with Crippen LogP contribution in [0.5, 0.6) is 5.75 Å². The van der Waals surface area contributed by atoms with Gasteiger partial charge >= 0.3 is 0 Å². The quantitative estimate of drug-likeness (QED) is 0.543. The maximum absolute atomic E-state index is 13.3. The summed E-state index contributed by atoms with van der Waals surface area (Å²) >= 11 is 5.31. The van der Waals surface area contributed by atoms with Crippen molar-refractivity contribution in [2.45, 2.75) is 33.4 Å². The summed E-state index contributed by atoms with van der Waals surface area (Å²) in [5, 5.41) is 9.93. The van der Waals surface area contributed by atoms with Gasteiger partial charge in [0.1, 0.15) is 11.6 Å². The average Bonchev–Trinajstić information content (AvgIpc) is 3.08. The van der Waals surface area contributed by atoms with Gasteiger partial charge < -0.3 is 10.1 Å². The molecule has 0 saturated carbocycles. The molecule has 29 heavy (non-hydrogen) atoms. The summed E-state index contributed by atoms with van der Waals surface area (Å²) < 4.78 is 21.0. The van der Waals surface area contributed by atoms with Crippen LogP contribution in [0.2, 0.25) is 0 Å². The summed E-state index contributed by atoms with van der Waals surface area (Å²) in [5.41, 5.74) is 2.29. The number of carbonyl (C=O) groups is 1. The predicted molar refractivity (Wildman–Crippen MR) is 112 cm³/mol. The molecule has 3 rings (SSSR count). The zero-order valence-electron chi connectivity index (χ0n) is 16.4. The maximum atomic E-state index is 13.3. The van der Waals surface area contributed by atoms with Crippen molar-refractivity contribution in [2.75, 3.05) is 6.61 Å². The number of aryl methyl sites for hydroxylation is 1. The summed E-state index contributed by atoms with van der Waals surface area (Å²) in [5.74, 6) is 1.08. The zero-order valence-corrected chi connectivity index (χ0v) is 17.2. The van der Waals surface area contributed by atoms with Crippen LogP contribution in [0.4, 0.5) is 4.39 Å². The molecule has 0 bridgehead atoms. The van der Waals surface area contributed by atoms with E-state index in [9.17, 15) is 9.18 Å². The first-order valence-electron chi connectivity index (χ1n) is 9.38. The van der Waals surface area contributed by atoms with E-state index in [0.29, 0.717) is 35.9 Å². The Kier molecular flexibility index (Phi) is 6.77. The predicted octanol–water partition coefficient (Wildman–Crippen LogP) is 4.16. The smallest absolute Gasteiger partial charge is 0.222 e. The minimum Gasteiger partial charge on any atom is -0.494 e. The molecule has 0 spiro atoms. The third-order valence-electron chi connectivity index (χ3n) is 4.46. The highest BCUT2D eigenvalue weighted by Gasteiger charge is 2.11. The van der Waals surface area contributed by atoms with E-state index in [2.05, 4.69) is 15.5 Å². The molecule has 6 nitrogen and oxygen atoms in total. The molecule has 3 aromatic rings. The Balaban J connectivity index is 1.61. The third kappa shape index (κ3) is 5.29. The minimum absolute atomic E-state index is 0.118. The van der Waals surface area contributed by atoms with E-state index < -0.39 is 0 Å². The molecule has 1 heterocycles. The van der Waals surface area contributed by atoms with Crippen LogP contribution >= 0.6 is 12.2 Å². The standard InChI is InChI=1S/C21H23FN4O2S/c1-3-28-17-7-5-16(6-8-17)20-24-25-21(29)26(20)11-10-19(27)23-13-15-4-9-18(22)14(2)12-15/h4-9,12H,3,10-11,13H2,1-2H3,(H,23,27)(H,25,29). The van der Waals surface area contributed by atoms with Crippen LogP contribution in [-0.4, -0.2) is 27.3 Å². The SMILES string of the molecule is CCOc1ccc(-c2n[nH]c(=S)n2CCC(=O)NCc2ccc(F)c(C)c2)cc1. The minimum atomic E-state index is -0.253. The van der Waals surface area contributed by atoms with Crippen molar-refractivity contribution in [1.29, 1.82) is 0 Å². The number of nitrogens with one attached hydrogen (secondary N) is 2. The molecule has 0 fully saturated rings. The van der Waals surface area contributed by atoms with Gasteiger partial charge in [-0.3, -0.25) is 14.5 Å². The number of carbonyl (C=O) groups excluding carboxylic acids is 1. The molecule has 8 heteroatoms. The average molecular weight is 415 g/mol. The number of ether oxygens (including phenoxy) is 1. The first-order valence-corrected chi connectivity index (χ1v) is 9.79. The third-order valence-corrected chi connectivity index (χ3v) is 4.77. The molecule has 2 aromatic carbocycles. The number of H-pyrrole nitrogens is 1. The van der Waals surface area contributed by atoms with Crippen molar-refractivity contribution in [1.82, 2.24) is 20.1 Å². The van der Waals surface area contributed by atoms with Crippen LogP contribution in [-0.2, 0) is 17.9 Å². The van der Waals surface area contributed by atoms with Crippen LogP contribution < -0.4 is 10.1 Å². The monoisotopic (exact) mass is 414 g/mol. The van der Waals surface area contributed by atoms with Gasteiger partial charge in [-0.25, -0.2) is 4.39 Å². The highest BCUT2D eigenvalue weighted by molar-refractivity contribution is 7.71. The van der Waals surface area contributed by atoms with Crippen LogP contribution in [0.25, 0.3) is 11.4 Å². The second-order valence-corrected chi connectivity index (χ2v) is 6.96. The summed E-state index contributed by atoms with van der Waals surface area (Å²) in [6.45, 7) is 4.98. The number of benzene rings is 2. The fourth-order valence-electron chi connectivity index (χ4n) is 2.93. The van der Waals surface area contributed by atoms with Crippen molar-refractivity contribution in [3.8, 4) is 17.1 Å². The van der Waals surface area contributed by atoms with E-state index in [-0.39, 0.29) is 18.1 Å². The van der Waals surface area contributed by atoms with Gasteiger partial charge in [-0.05, 0) is 67.5 Å². The van der Waals surface area contributed by atoms with Gasteiger partial charge in [0.25, 0.3) is 0 Å². The molecule has 0 unspecified atom stereocenters. The Labute approximate surface area is 173 Å². The van der Waals surface area contributed by atoms with Gasteiger partial charge in [0.2, 0.25) is 5.91 Å². The Morgan fingerprint density at radius 1 is 1.28 bits per heavy atom. The molecule has 0 saturated heterocycles. The molecule has 2 N–H and O–H groups in total. The van der Waals surface area contributed by atoms with E-state index in [1.165, 1.54) is 6.07 Å². The van der Waals surface area contributed by atoms with Crippen molar-refractivity contribution >= 4 is 18.1 Å². The molecule has 152 valence electrons. The second-order valence-electron chi connectivity index (χ2n) is 6.57. The fourth-order valence-corrected chi connectivity index (χ4v) is 3.15. The number of halogens is 1. The lowest BCUT2D eigenvalue weighted by Gasteiger charge is -2.09. The van der Waals surface area contributed by atoms with Gasteiger partial charge in [0, 0.05) is 25.1 Å². The fraction of sp³-hybridized carbons (Fsp3) is 0.286. The van der Waals surface area contributed by atoms with Gasteiger partial charge in [-0.1, -0.05) is 12.1 Å². The molecular formula is C21H23FN4O2S. The van der Waals surface area contributed by atoms with Crippen LogP contribution in [0.1, 0.15) is 24.5 Å². The summed E-state index contributed by atoms with van der Waals surface area (Å²) in [4.78, 5) is 12.3. The molecule has 1 amide bonds. The molecule has 1 aromatic heterocycles. The first-order chi connectivity index (χ1) is 14.0. The largest absolute Gasteiger partial charge is 0.494 e. The highest BCUT2D eigenvalue weighted by Crippen LogP contribution is 2.21. The molecule has 0 atom stereocenters. The topological polar surface area (TPSA) is 71.9 Å². The number of nitrogens with zero attached hydrogens (tertiary/aromatic N) is 2. The van der Waals surface area contributed by atoms with Gasteiger partial charge in [-0.2, -0.15) is 5.10 Å². The van der Waals surface area contributed by atoms with Crippen LogP contribution in [0.3, 0.4) is 0 Å². The second kappa shape index (κ2) is 9.47. The number of hydrogen-bond donors (Lipinski definition) is 2. The molecule has 0 aliphatic heterocycles. The molecule has 0 radical (unpaired) electrons. The Morgan fingerprint density at radius 3 is 2.72 bits per heavy atom. The van der Waals surface area contributed by atoms with Crippen molar-refractivity contribution in [2.24, 2.45) is 0 Å². The molecule has 0 aliphatic carbocycles. The van der Waals surface area contributed by atoms with Crippen LogP contribution in [0.15, 0.2) is 42.5 Å². The Hall–Kier alpha value is -3.00. The number of aromatic amines is 1. The highest BCUT2D eigenvalue weighted by atomic mass is 32.1. The number of rotatable bonds is 8. The van der Waals surface area contributed by atoms with Crippen molar-refractivity contribution < 1.29 is 13.9 Å². The summed E-state index contributed by atoms with van der Waals surface area (Å²) in [6.07, 6.45) is 0.248. The molecular weight excluding hydrogens is 391 g/mol. The van der Waals surface area contributed by atoms with Gasteiger partial charge in [0.05, 0.1) is 6.61 Å². The Morgan fingerprint density at radius 2 is 2.03 bits per heavy atom. The van der Waals surface area contributed by atoms with E-state index in [4.69, 9.17) is 17.0 Å². The van der Waals surface area contributed by atoms with E-state index >= 15 is 0 Å². The lowest BCUT2D eigenvalue weighted by molar-refractivity contribution is -0.121. The van der Waals surface area contributed by atoms with Gasteiger partial charge in [0.15, 0.2) is 10.6 Å². The zero-order chi connectivity index (χ0) is 20.8. The summed E-state index contributed by atoms with van der Waals surface area (Å²) in [6, 6.07) is 12.4. The van der Waals surface area contributed by atoms with E-state index in [1.807, 2.05) is 31.2 Å². The van der Waals surface area contributed by atoms with Crippen molar-refractivity contribution in [3.05, 3.63) is 64.2 Å². The summed E-state index contributed by atoms with van der Waals surface area (Å²) in [7, 11) is 0. The van der Waals surface area contributed by atoms with E-state index in [1.54, 1.807) is 23.6 Å². The lowest BCUT2D eigenvalue weighted by Crippen LogP contribution is -2.24. The van der Waals surface area contributed by atoms with Crippen molar-refractivity contribution in [3.63, 3.8) is 0 Å². The van der Waals surface area contributed by atoms with Crippen LogP contribution in [0, 0.1) is 17.5 Å². The number of amides is 1. The Bertz CT molecular complexity index is 1040. The molecule has 0 aliphatic rings. The normalized spacial score (nSPS) is 10.7. The van der Waals surface area contributed by atoms with E-state index in [0.717, 1.165) is 16.9 Å². The number of aromatic nitrogens is 3. The first kappa shape index (κ1) is 20.7.